The maximum absolute atomic E-state index is 12.5. The van der Waals surface area contributed by atoms with Crippen LogP contribution < -0.4 is 10.6 Å². The van der Waals surface area contributed by atoms with Gasteiger partial charge in [0.15, 0.2) is 0 Å². The van der Waals surface area contributed by atoms with Crippen LogP contribution in [0.15, 0.2) is 55.0 Å². The number of benzene rings is 1. The molecule has 0 aliphatic heterocycles. The summed E-state index contributed by atoms with van der Waals surface area (Å²) in [6.45, 7) is 2.57. The second kappa shape index (κ2) is 8.26. The Kier molecular flexibility index (Phi) is 5.60. The van der Waals surface area contributed by atoms with E-state index in [1.165, 1.54) is 6.33 Å². The van der Waals surface area contributed by atoms with E-state index < -0.39 is 6.04 Å². The Labute approximate surface area is 151 Å². The number of aliphatic hydroxyl groups is 1. The smallest absolute Gasteiger partial charge is 0.268 e. The first-order valence-corrected chi connectivity index (χ1v) is 8.42. The lowest BCUT2D eigenvalue weighted by Crippen LogP contribution is -2.30. The number of rotatable bonds is 7. The Morgan fingerprint density at radius 3 is 2.77 bits per heavy atom. The second-order valence-electron chi connectivity index (χ2n) is 5.74. The molecule has 0 fully saturated rings. The van der Waals surface area contributed by atoms with E-state index in [4.69, 9.17) is 0 Å². The van der Waals surface area contributed by atoms with Crippen molar-refractivity contribution < 1.29 is 9.90 Å². The molecule has 1 amide bonds. The van der Waals surface area contributed by atoms with Gasteiger partial charge in [-0.2, -0.15) is 0 Å². The second-order valence-corrected chi connectivity index (χ2v) is 5.74. The van der Waals surface area contributed by atoms with E-state index in [0.717, 1.165) is 23.5 Å². The van der Waals surface area contributed by atoms with Crippen molar-refractivity contribution in [3.05, 3.63) is 66.2 Å². The number of amides is 1. The highest BCUT2D eigenvalue weighted by Crippen LogP contribution is 2.20. The molecule has 3 aromatic rings. The van der Waals surface area contributed by atoms with Crippen LogP contribution >= 0.6 is 0 Å². The van der Waals surface area contributed by atoms with Crippen LogP contribution in [0.2, 0.25) is 0 Å². The van der Waals surface area contributed by atoms with Crippen molar-refractivity contribution in [2.75, 3.05) is 18.5 Å². The van der Waals surface area contributed by atoms with Crippen LogP contribution in [0.4, 0.5) is 5.82 Å². The molecule has 0 aliphatic rings. The van der Waals surface area contributed by atoms with Crippen molar-refractivity contribution in [2.24, 2.45) is 0 Å². The third-order valence-electron chi connectivity index (χ3n) is 3.94. The Bertz CT molecular complexity index is 863. The molecule has 0 unspecified atom stereocenters. The fourth-order valence-corrected chi connectivity index (χ4v) is 2.62. The van der Waals surface area contributed by atoms with E-state index in [1.54, 1.807) is 12.3 Å². The topological polar surface area (TPSA) is 103 Å². The van der Waals surface area contributed by atoms with Crippen LogP contribution in [0, 0.1) is 0 Å². The average Bonchev–Trinajstić information content (AvgIpc) is 3.17. The molecule has 0 saturated carbocycles. The van der Waals surface area contributed by atoms with Gasteiger partial charge in [0.1, 0.15) is 17.8 Å². The first-order valence-electron chi connectivity index (χ1n) is 8.42. The fraction of sp³-hybridized carbons (Fsp3) is 0.211. The van der Waals surface area contributed by atoms with Crippen molar-refractivity contribution in [1.82, 2.24) is 20.3 Å². The monoisotopic (exact) mass is 351 g/mol. The number of aromatic amines is 1. The molecule has 0 saturated heterocycles. The molecule has 0 bridgehead atoms. The van der Waals surface area contributed by atoms with E-state index in [-0.39, 0.29) is 12.5 Å². The largest absolute Gasteiger partial charge is 0.394 e. The van der Waals surface area contributed by atoms with Crippen LogP contribution in [-0.4, -0.2) is 39.1 Å². The first kappa shape index (κ1) is 17.6. The molecule has 7 heteroatoms. The summed E-state index contributed by atoms with van der Waals surface area (Å²) in [5, 5.41) is 15.6. The van der Waals surface area contributed by atoms with Gasteiger partial charge in [-0.05, 0) is 18.6 Å². The zero-order chi connectivity index (χ0) is 18.4. The molecule has 134 valence electrons. The Morgan fingerprint density at radius 2 is 2.04 bits per heavy atom. The lowest BCUT2D eigenvalue weighted by molar-refractivity contribution is 0.0912. The van der Waals surface area contributed by atoms with E-state index >= 15 is 0 Å². The zero-order valence-electron chi connectivity index (χ0n) is 14.4. The molecular weight excluding hydrogens is 330 g/mol. The van der Waals surface area contributed by atoms with E-state index in [9.17, 15) is 9.90 Å². The minimum Gasteiger partial charge on any atom is -0.394 e. The van der Waals surface area contributed by atoms with E-state index in [1.807, 2.05) is 43.3 Å². The number of nitrogens with one attached hydrogen (secondary N) is 3. The van der Waals surface area contributed by atoms with Gasteiger partial charge in [-0.15, -0.1) is 0 Å². The van der Waals surface area contributed by atoms with Crippen LogP contribution in [0.3, 0.4) is 0 Å². The SMILES string of the molecule is CCNc1cc(-c2c[nH]c(C(=O)N[C@@H](CO)c3ccccc3)c2)ncn1. The van der Waals surface area contributed by atoms with Crippen molar-refractivity contribution >= 4 is 11.7 Å². The minimum atomic E-state index is -0.463. The van der Waals surface area contributed by atoms with E-state index in [2.05, 4.69) is 25.6 Å². The highest BCUT2D eigenvalue weighted by molar-refractivity contribution is 5.94. The van der Waals surface area contributed by atoms with E-state index in [0.29, 0.717) is 11.4 Å². The average molecular weight is 351 g/mol. The lowest BCUT2D eigenvalue weighted by atomic mass is 10.1. The summed E-state index contributed by atoms with van der Waals surface area (Å²) in [6, 6.07) is 12.5. The molecule has 26 heavy (non-hydrogen) atoms. The predicted octanol–water partition coefficient (Wildman–Crippen LogP) is 2.37. The van der Waals surface area contributed by atoms with Gasteiger partial charge in [-0.3, -0.25) is 4.79 Å². The number of aromatic nitrogens is 3. The van der Waals surface area contributed by atoms with Crippen LogP contribution in [-0.2, 0) is 0 Å². The number of carbonyl (C=O) groups is 1. The van der Waals surface area contributed by atoms with Gasteiger partial charge in [0.25, 0.3) is 5.91 Å². The molecule has 1 aromatic carbocycles. The maximum atomic E-state index is 12.5. The Morgan fingerprint density at radius 1 is 1.23 bits per heavy atom. The van der Waals surface area contributed by atoms with Gasteiger partial charge in [0.05, 0.1) is 18.3 Å². The van der Waals surface area contributed by atoms with Crippen molar-refractivity contribution in [2.45, 2.75) is 13.0 Å². The maximum Gasteiger partial charge on any atom is 0.268 e. The minimum absolute atomic E-state index is 0.179. The van der Waals surface area contributed by atoms with Gasteiger partial charge in [0.2, 0.25) is 0 Å². The number of carbonyl (C=O) groups excluding carboxylic acids is 1. The van der Waals surface area contributed by atoms with Crippen molar-refractivity contribution in [3.8, 4) is 11.3 Å². The van der Waals surface area contributed by atoms with Crippen LogP contribution in [0.5, 0.6) is 0 Å². The molecule has 4 N–H and O–H groups in total. The predicted molar refractivity (Wildman–Crippen MR) is 99.7 cm³/mol. The number of hydrogen-bond donors (Lipinski definition) is 4. The van der Waals surface area contributed by atoms with Crippen molar-refractivity contribution in [3.63, 3.8) is 0 Å². The molecule has 2 heterocycles. The summed E-state index contributed by atoms with van der Waals surface area (Å²) in [4.78, 5) is 23.9. The zero-order valence-corrected chi connectivity index (χ0v) is 14.4. The molecule has 0 aliphatic carbocycles. The standard InChI is InChI=1S/C19H21N5O2/c1-2-20-18-9-15(22-12-23-18)14-8-16(21-10-14)19(26)24-17(11-25)13-6-4-3-5-7-13/h3-10,12,17,21,25H,2,11H2,1H3,(H,24,26)(H,20,22,23)/t17-/m0/s1. The highest BCUT2D eigenvalue weighted by atomic mass is 16.3. The quantitative estimate of drug-likeness (QED) is 0.523. The highest BCUT2D eigenvalue weighted by Gasteiger charge is 2.16. The summed E-state index contributed by atoms with van der Waals surface area (Å²) in [6.07, 6.45) is 3.21. The lowest BCUT2D eigenvalue weighted by Gasteiger charge is -2.16. The van der Waals surface area contributed by atoms with Gasteiger partial charge >= 0.3 is 0 Å². The molecular formula is C19H21N5O2. The summed E-state index contributed by atoms with van der Waals surface area (Å²) in [5.74, 6) is 0.439. The third-order valence-corrected chi connectivity index (χ3v) is 3.94. The number of nitrogens with zero attached hydrogens (tertiary/aromatic N) is 2. The first-order chi connectivity index (χ1) is 12.7. The van der Waals surface area contributed by atoms with Crippen molar-refractivity contribution in [1.29, 1.82) is 0 Å². The number of hydrogen-bond acceptors (Lipinski definition) is 5. The molecule has 0 radical (unpaired) electrons. The number of aliphatic hydroxyl groups excluding tert-OH is 1. The molecule has 0 spiro atoms. The Hall–Kier alpha value is -3.19. The third kappa shape index (κ3) is 4.07. The van der Waals surface area contributed by atoms with Crippen LogP contribution in [0.1, 0.15) is 29.0 Å². The van der Waals surface area contributed by atoms with Crippen LogP contribution in [0.25, 0.3) is 11.3 Å². The number of anilines is 1. The molecule has 3 rings (SSSR count). The molecule has 1 atom stereocenters. The van der Waals surface area contributed by atoms with Gasteiger partial charge in [0, 0.05) is 24.4 Å². The molecule has 7 nitrogen and oxygen atoms in total. The summed E-state index contributed by atoms with van der Waals surface area (Å²) in [5.41, 5.74) is 2.75. The molecule has 2 aromatic heterocycles. The summed E-state index contributed by atoms with van der Waals surface area (Å²) < 4.78 is 0. The fourth-order valence-electron chi connectivity index (χ4n) is 2.62. The summed E-state index contributed by atoms with van der Waals surface area (Å²) >= 11 is 0. The Balaban J connectivity index is 1.74. The number of H-pyrrole nitrogens is 1. The summed E-state index contributed by atoms with van der Waals surface area (Å²) in [7, 11) is 0. The normalized spacial score (nSPS) is 11.8. The van der Waals surface area contributed by atoms with Gasteiger partial charge in [-0.25, -0.2) is 9.97 Å². The van der Waals surface area contributed by atoms with Gasteiger partial charge < -0.3 is 20.7 Å². The van der Waals surface area contributed by atoms with Gasteiger partial charge in [-0.1, -0.05) is 30.3 Å².